The SMILES string of the molecule is COC(=O)C(CC(C)C)NP(=O)(NC(CC(C)C)C(=O)OC)OC[C@H]1O[C@@H](n2cnc3c(=O)[nH]c(C)nc32)[C@@](C)(O)C1O. The molecule has 6 atom stereocenters. The number of ether oxygens (including phenoxy) is 3. The first-order valence-electron chi connectivity index (χ1n) is 14.0. The Morgan fingerprint density at radius 2 is 1.67 bits per heavy atom. The average Bonchev–Trinajstić information content (AvgIpc) is 3.43. The van der Waals surface area contributed by atoms with E-state index in [1.54, 1.807) is 6.92 Å². The molecule has 2 aromatic rings. The third kappa shape index (κ3) is 8.06. The average molecular weight is 631 g/mol. The normalized spacial score (nSPS) is 25.2. The largest absolute Gasteiger partial charge is 0.468 e. The van der Waals surface area contributed by atoms with E-state index in [0.29, 0.717) is 5.82 Å². The summed E-state index contributed by atoms with van der Waals surface area (Å²) >= 11 is 0. The van der Waals surface area contributed by atoms with Crippen molar-refractivity contribution in [3.63, 3.8) is 0 Å². The minimum Gasteiger partial charge on any atom is -0.468 e. The van der Waals surface area contributed by atoms with Gasteiger partial charge < -0.3 is 33.9 Å². The lowest BCUT2D eigenvalue weighted by Crippen LogP contribution is -2.47. The monoisotopic (exact) mass is 630 g/mol. The first kappa shape index (κ1) is 34.8. The van der Waals surface area contributed by atoms with Crippen molar-refractivity contribution in [3.8, 4) is 0 Å². The first-order chi connectivity index (χ1) is 20.0. The molecule has 43 heavy (non-hydrogen) atoms. The molecule has 17 heteroatoms. The van der Waals surface area contributed by atoms with Crippen molar-refractivity contribution in [2.75, 3.05) is 20.8 Å². The first-order valence-corrected chi connectivity index (χ1v) is 15.6. The fourth-order valence-corrected chi connectivity index (χ4v) is 6.74. The maximum Gasteiger partial charge on any atom is 0.342 e. The second kappa shape index (κ2) is 13.9. The van der Waals surface area contributed by atoms with E-state index in [1.807, 2.05) is 27.7 Å². The molecule has 0 saturated carbocycles. The number of nitrogens with one attached hydrogen (secondary N) is 3. The molecule has 5 N–H and O–H groups in total. The number of hydrogen-bond acceptors (Lipinski definition) is 12. The number of aryl methyl sites for hydroxylation is 1. The molecule has 0 radical (unpaired) electrons. The van der Waals surface area contributed by atoms with Crippen molar-refractivity contribution >= 4 is 30.8 Å². The van der Waals surface area contributed by atoms with Crippen LogP contribution < -0.4 is 15.7 Å². The maximum atomic E-state index is 14.3. The van der Waals surface area contributed by atoms with Gasteiger partial charge in [0, 0.05) is 0 Å². The number of esters is 2. The van der Waals surface area contributed by atoms with Gasteiger partial charge in [0.15, 0.2) is 17.4 Å². The van der Waals surface area contributed by atoms with E-state index in [0.717, 1.165) is 0 Å². The number of carbonyl (C=O) groups is 2. The Labute approximate surface area is 249 Å². The van der Waals surface area contributed by atoms with E-state index in [1.165, 1.54) is 32.0 Å². The van der Waals surface area contributed by atoms with Crippen LogP contribution in [-0.4, -0.2) is 92.4 Å². The molecule has 0 spiro atoms. The minimum atomic E-state index is -4.28. The van der Waals surface area contributed by atoms with E-state index < -0.39 is 67.9 Å². The van der Waals surface area contributed by atoms with Crippen molar-refractivity contribution in [2.45, 2.75) is 90.5 Å². The zero-order valence-electron chi connectivity index (χ0n) is 25.7. The number of aromatic nitrogens is 4. The quantitative estimate of drug-likeness (QED) is 0.145. The number of carbonyl (C=O) groups excluding carboxylic acids is 2. The summed E-state index contributed by atoms with van der Waals surface area (Å²) in [5, 5.41) is 27.8. The van der Waals surface area contributed by atoms with Gasteiger partial charge in [-0.1, -0.05) is 27.7 Å². The third-order valence-electron chi connectivity index (χ3n) is 7.02. The number of aromatic amines is 1. The van der Waals surface area contributed by atoms with Crippen LogP contribution in [-0.2, 0) is 32.9 Å². The van der Waals surface area contributed by atoms with Crippen molar-refractivity contribution in [2.24, 2.45) is 11.8 Å². The molecule has 1 aliphatic rings. The second-order valence-electron chi connectivity index (χ2n) is 11.7. The van der Waals surface area contributed by atoms with E-state index >= 15 is 0 Å². The fraction of sp³-hybridized carbons (Fsp3) is 0.731. The van der Waals surface area contributed by atoms with Gasteiger partial charge in [0.1, 0.15) is 35.7 Å². The van der Waals surface area contributed by atoms with Crippen molar-refractivity contribution in [1.82, 2.24) is 29.7 Å². The molecule has 0 aliphatic carbocycles. The van der Waals surface area contributed by atoms with Crippen LogP contribution in [0.1, 0.15) is 59.5 Å². The van der Waals surface area contributed by atoms with Gasteiger partial charge in [0.2, 0.25) is 0 Å². The lowest BCUT2D eigenvalue weighted by Gasteiger charge is -2.30. The Morgan fingerprint density at radius 3 is 2.16 bits per heavy atom. The minimum absolute atomic E-state index is 0.00935. The predicted molar refractivity (Wildman–Crippen MR) is 154 cm³/mol. The number of aliphatic hydroxyl groups excluding tert-OH is 1. The summed E-state index contributed by atoms with van der Waals surface area (Å²) in [5.74, 6) is -1.10. The fourth-order valence-electron chi connectivity index (χ4n) is 4.92. The Balaban J connectivity index is 1.92. The highest BCUT2D eigenvalue weighted by Gasteiger charge is 2.54. The lowest BCUT2D eigenvalue weighted by atomic mass is 9.96. The number of fused-ring (bicyclic) bond motifs is 1. The van der Waals surface area contributed by atoms with Crippen LogP contribution in [0.5, 0.6) is 0 Å². The standard InChI is InChI=1S/C26H43N6O10P/c1-13(2)9-16(23(35)39-7)30-43(38,31-17(10-14(3)4)24(36)40-8)41-11-18-20(33)26(6,37)25(42-18)32-12-27-19-21(32)28-15(5)29-22(19)34/h12-14,16-18,20,25,33,37H,9-11H2,1-8H3,(H,28,29,34)(H2,30,31,38)/t16?,17?,18-,20?,25-,26+,43?/m1/s1. The van der Waals surface area contributed by atoms with Gasteiger partial charge in [-0.25, -0.2) is 20.1 Å². The van der Waals surface area contributed by atoms with Crippen molar-refractivity contribution < 1.29 is 43.1 Å². The molecule has 3 rings (SSSR count). The third-order valence-corrected chi connectivity index (χ3v) is 8.83. The Hall–Kier alpha value is -2.72. The molecule has 242 valence electrons. The Kier molecular flexibility index (Phi) is 11.3. The van der Waals surface area contributed by atoms with Gasteiger partial charge in [-0.15, -0.1) is 0 Å². The van der Waals surface area contributed by atoms with E-state index in [9.17, 15) is 29.2 Å². The molecule has 1 aliphatic heterocycles. The topological polar surface area (TPSA) is 216 Å². The number of imidazole rings is 1. The molecule has 1 fully saturated rings. The summed E-state index contributed by atoms with van der Waals surface area (Å²) in [4.78, 5) is 48.4. The summed E-state index contributed by atoms with van der Waals surface area (Å²) in [6.45, 7) is 9.82. The van der Waals surface area contributed by atoms with Crippen LogP contribution >= 0.6 is 7.67 Å². The molecule has 2 aromatic heterocycles. The highest BCUT2D eigenvalue weighted by molar-refractivity contribution is 7.54. The molecule has 3 heterocycles. The highest BCUT2D eigenvalue weighted by Crippen LogP contribution is 2.44. The summed E-state index contributed by atoms with van der Waals surface area (Å²) in [5.41, 5.74) is -2.28. The van der Waals surface area contributed by atoms with Crippen LogP contribution in [0.15, 0.2) is 11.1 Å². The molecular weight excluding hydrogens is 587 g/mol. The van der Waals surface area contributed by atoms with Gasteiger partial charge in [0.25, 0.3) is 5.56 Å². The second-order valence-corrected chi connectivity index (χ2v) is 13.6. The van der Waals surface area contributed by atoms with Gasteiger partial charge in [-0.05, 0) is 38.5 Å². The van der Waals surface area contributed by atoms with Gasteiger partial charge in [-0.3, -0.25) is 23.5 Å². The molecule has 0 aromatic carbocycles. The smallest absolute Gasteiger partial charge is 0.342 e. The molecule has 0 bridgehead atoms. The molecule has 16 nitrogen and oxygen atoms in total. The maximum absolute atomic E-state index is 14.3. The van der Waals surface area contributed by atoms with Crippen LogP contribution in [0.25, 0.3) is 11.2 Å². The Morgan fingerprint density at radius 1 is 1.14 bits per heavy atom. The van der Waals surface area contributed by atoms with Gasteiger partial charge >= 0.3 is 19.6 Å². The predicted octanol–water partition coefficient (Wildman–Crippen LogP) is 0.917. The molecular formula is C26H43N6O10P. The summed E-state index contributed by atoms with van der Waals surface area (Å²) in [7, 11) is -1.89. The number of methoxy groups -OCH3 is 2. The number of nitrogens with zero attached hydrogens (tertiary/aromatic N) is 3. The molecule has 1 saturated heterocycles. The number of rotatable bonds is 14. The van der Waals surface area contributed by atoms with Crippen molar-refractivity contribution in [1.29, 1.82) is 0 Å². The number of H-pyrrole nitrogens is 1. The summed E-state index contributed by atoms with van der Waals surface area (Å²) < 4.78 is 37.2. The lowest BCUT2D eigenvalue weighted by molar-refractivity contribution is -0.143. The summed E-state index contributed by atoms with van der Waals surface area (Å²) in [6, 6.07) is -2.15. The van der Waals surface area contributed by atoms with Gasteiger partial charge in [0.05, 0.1) is 27.2 Å². The van der Waals surface area contributed by atoms with Crippen LogP contribution in [0.4, 0.5) is 0 Å². The van der Waals surface area contributed by atoms with Crippen LogP contribution in [0.3, 0.4) is 0 Å². The Bertz CT molecular complexity index is 1360. The summed E-state index contributed by atoms with van der Waals surface area (Å²) in [6.07, 6.45) is -2.36. The zero-order chi connectivity index (χ0) is 32.3. The highest BCUT2D eigenvalue weighted by atomic mass is 31.2. The van der Waals surface area contributed by atoms with E-state index in [2.05, 4.69) is 25.1 Å². The van der Waals surface area contributed by atoms with Crippen LogP contribution in [0, 0.1) is 18.8 Å². The number of hydrogen-bond donors (Lipinski definition) is 5. The number of aliphatic hydroxyl groups is 2. The van der Waals surface area contributed by atoms with Gasteiger partial charge in [-0.2, -0.15) is 0 Å². The molecule has 3 unspecified atom stereocenters. The zero-order valence-corrected chi connectivity index (χ0v) is 26.6. The van der Waals surface area contributed by atoms with Crippen molar-refractivity contribution in [3.05, 3.63) is 22.5 Å². The van der Waals surface area contributed by atoms with E-state index in [4.69, 9.17) is 18.7 Å². The van der Waals surface area contributed by atoms with E-state index in [-0.39, 0.29) is 35.8 Å². The van der Waals surface area contributed by atoms with Crippen LogP contribution in [0.2, 0.25) is 0 Å². The molecule has 0 amide bonds.